The first-order chi connectivity index (χ1) is 11.5. The van der Waals surface area contributed by atoms with Crippen LogP contribution in [-0.4, -0.2) is 26.8 Å². The third kappa shape index (κ3) is 3.70. The number of carbonyl (C=O) groups excluding carboxylic acids is 1. The van der Waals surface area contributed by atoms with Crippen LogP contribution in [0.1, 0.15) is 37.8 Å². The van der Waals surface area contributed by atoms with Crippen molar-refractivity contribution >= 4 is 23.4 Å². The van der Waals surface area contributed by atoms with E-state index in [0.717, 1.165) is 29.7 Å². The Kier molecular flexibility index (Phi) is 5.04. The van der Waals surface area contributed by atoms with E-state index in [1.807, 2.05) is 14.0 Å². The molecule has 0 saturated heterocycles. The quantitative estimate of drug-likeness (QED) is 0.884. The van der Waals surface area contributed by atoms with Crippen molar-refractivity contribution < 1.29 is 4.79 Å². The molecule has 2 N–H and O–H groups in total. The summed E-state index contributed by atoms with van der Waals surface area (Å²) in [6.45, 7) is 1.97. The van der Waals surface area contributed by atoms with Crippen LogP contribution in [0.3, 0.4) is 0 Å². The smallest absolute Gasteiger partial charge is 0.320 e. The minimum Gasteiger partial charge on any atom is -0.335 e. The van der Waals surface area contributed by atoms with Crippen molar-refractivity contribution in [2.75, 3.05) is 5.32 Å². The number of nitrogens with one attached hydrogen (secondary N) is 2. The largest absolute Gasteiger partial charge is 0.335 e. The van der Waals surface area contributed by atoms with Gasteiger partial charge in [0.05, 0.1) is 11.2 Å². The zero-order chi connectivity index (χ0) is 17.1. The number of aryl methyl sites for hydroxylation is 1. The minimum atomic E-state index is -0.217. The SMILES string of the molecule is Cc1c(-c2cc(NC(=O)NC3CCCCC3)ncc2Cl)cnn1C. The third-order valence-electron chi connectivity index (χ3n) is 4.56. The molecule has 1 fully saturated rings. The van der Waals surface area contributed by atoms with Gasteiger partial charge in [-0.1, -0.05) is 30.9 Å². The lowest BCUT2D eigenvalue weighted by atomic mass is 9.96. The van der Waals surface area contributed by atoms with Gasteiger partial charge in [0.1, 0.15) is 5.82 Å². The van der Waals surface area contributed by atoms with Crippen molar-refractivity contribution in [2.45, 2.75) is 45.1 Å². The lowest BCUT2D eigenvalue weighted by Crippen LogP contribution is -2.39. The van der Waals surface area contributed by atoms with Gasteiger partial charge in [0.2, 0.25) is 0 Å². The van der Waals surface area contributed by atoms with Crippen molar-refractivity contribution in [3.8, 4) is 11.1 Å². The van der Waals surface area contributed by atoms with Crippen LogP contribution in [0, 0.1) is 6.92 Å². The fourth-order valence-electron chi connectivity index (χ4n) is 3.06. The Labute approximate surface area is 146 Å². The number of pyridine rings is 1. The van der Waals surface area contributed by atoms with Gasteiger partial charge < -0.3 is 5.32 Å². The van der Waals surface area contributed by atoms with E-state index in [1.165, 1.54) is 19.3 Å². The van der Waals surface area contributed by atoms with E-state index in [4.69, 9.17) is 11.6 Å². The summed E-state index contributed by atoms with van der Waals surface area (Å²) in [5.41, 5.74) is 2.74. The molecule has 6 nitrogen and oxygen atoms in total. The van der Waals surface area contributed by atoms with E-state index >= 15 is 0 Å². The molecule has 2 aromatic rings. The molecule has 128 valence electrons. The molecule has 0 aromatic carbocycles. The van der Waals surface area contributed by atoms with E-state index in [1.54, 1.807) is 23.1 Å². The molecule has 2 aromatic heterocycles. The average Bonchev–Trinajstić information content (AvgIpc) is 2.90. The van der Waals surface area contributed by atoms with Crippen molar-refractivity contribution in [1.82, 2.24) is 20.1 Å². The molecule has 2 heterocycles. The Morgan fingerprint density at radius 1 is 1.25 bits per heavy atom. The second kappa shape index (κ2) is 7.21. The Balaban J connectivity index is 1.73. The van der Waals surface area contributed by atoms with Crippen LogP contribution in [0.5, 0.6) is 0 Å². The number of hydrogen-bond donors (Lipinski definition) is 2. The average molecular weight is 348 g/mol. The highest BCUT2D eigenvalue weighted by Crippen LogP contribution is 2.31. The van der Waals surface area contributed by atoms with Crippen LogP contribution in [0.15, 0.2) is 18.5 Å². The molecule has 1 aliphatic carbocycles. The van der Waals surface area contributed by atoms with Gasteiger partial charge in [0.25, 0.3) is 0 Å². The zero-order valence-electron chi connectivity index (χ0n) is 14.0. The molecule has 24 heavy (non-hydrogen) atoms. The number of hydrogen-bond acceptors (Lipinski definition) is 3. The third-order valence-corrected chi connectivity index (χ3v) is 4.86. The maximum absolute atomic E-state index is 12.2. The summed E-state index contributed by atoms with van der Waals surface area (Å²) in [5, 5.41) is 10.6. The number of anilines is 1. The Morgan fingerprint density at radius 3 is 2.67 bits per heavy atom. The number of rotatable bonds is 3. The number of aromatic nitrogens is 3. The lowest BCUT2D eigenvalue weighted by Gasteiger charge is -2.22. The monoisotopic (exact) mass is 347 g/mol. The zero-order valence-corrected chi connectivity index (χ0v) is 14.7. The summed E-state index contributed by atoms with van der Waals surface area (Å²) in [6, 6.07) is 1.82. The van der Waals surface area contributed by atoms with Crippen LogP contribution in [-0.2, 0) is 7.05 Å². The number of carbonyl (C=O) groups is 1. The Hall–Kier alpha value is -2.08. The van der Waals surface area contributed by atoms with Gasteiger partial charge in [-0.05, 0) is 25.8 Å². The number of halogens is 1. The molecule has 2 amide bonds. The van der Waals surface area contributed by atoms with Gasteiger partial charge >= 0.3 is 6.03 Å². The van der Waals surface area contributed by atoms with Crippen LogP contribution in [0.2, 0.25) is 5.02 Å². The van der Waals surface area contributed by atoms with Crippen LogP contribution >= 0.6 is 11.6 Å². The first-order valence-electron chi connectivity index (χ1n) is 8.26. The normalized spacial score (nSPS) is 15.3. The molecule has 0 atom stereocenters. The molecular weight excluding hydrogens is 326 g/mol. The van der Waals surface area contributed by atoms with Crippen LogP contribution in [0.25, 0.3) is 11.1 Å². The molecular formula is C17H22ClN5O. The summed E-state index contributed by atoms with van der Waals surface area (Å²) in [5.74, 6) is 0.478. The summed E-state index contributed by atoms with van der Waals surface area (Å²) >= 11 is 6.28. The van der Waals surface area contributed by atoms with E-state index in [-0.39, 0.29) is 12.1 Å². The predicted octanol–water partition coefficient (Wildman–Crippen LogP) is 3.90. The maximum Gasteiger partial charge on any atom is 0.320 e. The highest BCUT2D eigenvalue weighted by molar-refractivity contribution is 6.33. The number of urea groups is 1. The summed E-state index contributed by atoms with van der Waals surface area (Å²) in [6.07, 6.45) is 9.01. The summed E-state index contributed by atoms with van der Waals surface area (Å²) in [7, 11) is 1.88. The molecule has 0 radical (unpaired) electrons. The molecule has 0 unspecified atom stereocenters. The van der Waals surface area contributed by atoms with Gasteiger partial charge in [-0.2, -0.15) is 5.10 Å². The number of amides is 2. The van der Waals surface area contributed by atoms with Gasteiger partial charge in [0, 0.05) is 36.1 Å². The minimum absolute atomic E-state index is 0.217. The molecule has 0 aliphatic heterocycles. The summed E-state index contributed by atoms with van der Waals surface area (Å²) < 4.78 is 1.79. The second-order valence-electron chi connectivity index (χ2n) is 6.25. The first-order valence-corrected chi connectivity index (χ1v) is 8.64. The standard InChI is InChI=1S/C17H22ClN5O/c1-11-14(9-20-23(11)2)13-8-16(19-10-15(13)18)22-17(24)21-12-6-4-3-5-7-12/h8-10,12H,3-7H2,1-2H3,(H2,19,21,22,24). The molecule has 1 saturated carbocycles. The van der Waals surface area contributed by atoms with Crippen molar-refractivity contribution in [2.24, 2.45) is 7.05 Å². The van der Waals surface area contributed by atoms with E-state index in [2.05, 4.69) is 20.7 Å². The van der Waals surface area contributed by atoms with E-state index in [0.29, 0.717) is 10.8 Å². The number of nitrogens with zero attached hydrogens (tertiary/aromatic N) is 3. The van der Waals surface area contributed by atoms with Gasteiger partial charge in [-0.3, -0.25) is 10.00 Å². The highest BCUT2D eigenvalue weighted by Gasteiger charge is 2.17. The molecule has 0 spiro atoms. The Bertz CT molecular complexity index is 737. The summed E-state index contributed by atoms with van der Waals surface area (Å²) in [4.78, 5) is 16.4. The first kappa shape index (κ1) is 16.8. The van der Waals surface area contributed by atoms with Gasteiger partial charge in [-0.15, -0.1) is 0 Å². The van der Waals surface area contributed by atoms with Crippen molar-refractivity contribution in [3.63, 3.8) is 0 Å². The van der Waals surface area contributed by atoms with Crippen molar-refractivity contribution in [3.05, 3.63) is 29.2 Å². The maximum atomic E-state index is 12.2. The molecule has 7 heteroatoms. The van der Waals surface area contributed by atoms with E-state index < -0.39 is 0 Å². The molecule has 1 aliphatic rings. The topological polar surface area (TPSA) is 71.8 Å². The van der Waals surface area contributed by atoms with Gasteiger partial charge in [0.15, 0.2) is 0 Å². The van der Waals surface area contributed by atoms with Crippen molar-refractivity contribution in [1.29, 1.82) is 0 Å². The highest BCUT2D eigenvalue weighted by atomic mass is 35.5. The van der Waals surface area contributed by atoms with Crippen LogP contribution < -0.4 is 10.6 Å². The second-order valence-corrected chi connectivity index (χ2v) is 6.66. The van der Waals surface area contributed by atoms with Gasteiger partial charge in [-0.25, -0.2) is 9.78 Å². The fraction of sp³-hybridized carbons (Fsp3) is 0.471. The van der Waals surface area contributed by atoms with Crippen LogP contribution in [0.4, 0.5) is 10.6 Å². The Morgan fingerprint density at radius 2 is 2.00 bits per heavy atom. The molecule has 0 bridgehead atoms. The fourth-order valence-corrected chi connectivity index (χ4v) is 3.27. The molecule has 3 rings (SSSR count). The lowest BCUT2D eigenvalue weighted by molar-refractivity contribution is 0.244. The predicted molar refractivity (Wildman–Crippen MR) is 95.2 cm³/mol. The van der Waals surface area contributed by atoms with E-state index in [9.17, 15) is 4.79 Å².